The van der Waals surface area contributed by atoms with Gasteiger partial charge in [-0.25, -0.2) is 9.18 Å². The van der Waals surface area contributed by atoms with Crippen LogP contribution in [0.5, 0.6) is 0 Å². The van der Waals surface area contributed by atoms with Crippen LogP contribution in [0, 0.1) is 5.82 Å². The van der Waals surface area contributed by atoms with E-state index in [2.05, 4.69) is 5.32 Å². The fraction of sp³-hybridized carbons (Fsp3) is 0.467. The number of aliphatic carboxylic acids is 1. The lowest BCUT2D eigenvalue weighted by molar-refractivity contribution is -0.138. The van der Waals surface area contributed by atoms with Gasteiger partial charge in [0.05, 0.1) is 5.92 Å². The molecule has 6 heteroatoms. The molecule has 1 unspecified atom stereocenters. The van der Waals surface area contributed by atoms with Gasteiger partial charge in [0.1, 0.15) is 11.4 Å². The van der Waals surface area contributed by atoms with Crippen LogP contribution in [0.15, 0.2) is 18.2 Å². The van der Waals surface area contributed by atoms with Crippen molar-refractivity contribution in [2.24, 2.45) is 0 Å². The Morgan fingerprint density at radius 3 is 2.43 bits per heavy atom. The van der Waals surface area contributed by atoms with Gasteiger partial charge >= 0.3 is 12.1 Å². The highest BCUT2D eigenvalue weighted by Gasteiger charge is 2.22. The number of hydrogen-bond acceptors (Lipinski definition) is 3. The number of benzene rings is 1. The van der Waals surface area contributed by atoms with Crippen molar-refractivity contribution < 1.29 is 23.8 Å². The number of carboxylic acids is 1. The second kappa shape index (κ2) is 6.56. The highest BCUT2D eigenvalue weighted by Crippen LogP contribution is 2.25. The molecule has 116 valence electrons. The van der Waals surface area contributed by atoms with E-state index in [4.69, 9.17) is 9.84 Å². The van der Waals surface area contributed by atoms with Crippen LogP contribution in [-0.2, 0) is 9.53 Å². The lowest BCUT2D eigenvalue weighted by Gasteiger charge is -2.20. The predicted octanol–water partition coefficient (Wildman–Crippen LogP) is 3.75. The van der Waals surface area contributed by atoms with E-state index in [9.17, 15) is 14.0 Å². The summed E-state index contributed by atoms with van der Waals surface area (Å²) in [5.74, 6) is -2.65. The van der Waals surface area contributed by atoms with Crippen LogP contribution < -0.4 is 5.32 Å². The summed E-state index contributed by atoms with van der Waals surface area (Å²) < 4.78 is 19.0. The Morgan fingerprint density at radius 1 is 1.38 bits per heavy atom. The maximum Gasteiger partial charge on any atom is 0.412 e. The quantitative estimate of drug-likeness (QED) is 0.887. The Kier molecular flexibility index (Phi) is 5.29. The molecule has 0 heterocycles. The van der Waals surface area contributed by atoms with Gasteiger partial charge < -0.3 is 9.84 Å². The first kappa shape index (κ1) is 16.9. The molecule has 2 N–H and O–H groups in total. The van der Waals surface area contributed by atoms with Crippen molar-refractivity contribution in [3.05, 3.63) is 29.6 Å². The fourth-order valence-corrected chi connectivity index (χ4v) is 1.84. The molecule has 0 aliphatic carbocycles. The normalized spacial score (nSPS) is 12.6. The summed E-state index contributed by atoms with van der Waals surface area (Å²) in [4.78, 5) is 22.6. The van der Waals surface area contributed by atoms with E-state index >= 15 is 0 Å². The maximum absolute atomic E-state index is 14.0. The molecule has 1 atom stereocenters. The van der Waals surface area contributed by atoms with Gasteiger partial charge in [-0.2, -0.15) is 0 Å². The first-order chi connectivity index (χ1) is 9.64. The molecule has 0 bridgehead atoms. The molecular formula is C15H20FNO4. The summed E-state index contributed by atoms with van der Waals surface area (Å²) in [6.45, 7) is 6.82. The molecule has 1 amide bonds. The third-order valence-electron chi connectivity index (χ3n) is 2.73. The minimum atomic E-state index is -1.08. The Hall–Kier alpha value is -2.11. The number of carboxylic acid groups (broad SMARTS) is 1. The van der Waals surface area contributed by atoms with Crippen LogP contribution in [0.1, 0.15) is 45.6 Å². The number of nitrogens with one attached hydrogen (secondary N) is 1. The van der Waals surface area contributed by atoms with E-state index in [1.165, 1.54) is 12.1 Å². The zero-order chi connectivity index (χ0) is 16.2. The number of halogens is 1. The number of carbonyl (C=O) groups is 2. The molecule has 21 heavy (non-hydrogen) atoms. The molecule has 1 rings (SSSR count). The van der Waals surface area contributed by atoms with Gasteiger partial charge in [0.25, 0.3) is 0 Å². The Labute approximate surface area is 123 Å². The maximum atomic E-state index is 14.0. The Balaban J connectivity index is 2.88. The lowest BCUT2D eigenvalue weighted by Crippen LogP contribution is -2.27. The number of hydrogen-bond donors (Lipinski definition) is 2. The first-order valence-corrected chi connectivity index (χ1v) is 6.66. The molecule has 0 saturated heterocycles. The van der Waals surface area contributed by atoms with Crippen LogP contribution >= 0.6 is 0 Å². The summed E-state index contributed by atoms with van der Waals surface area (Å²) >= 11 is 0. The van der Waals surface area contributed by atoms with E-state index in [0.29, 0.717) is 0 Å². The van der Waals surface area contributed by atoms with Gasteiger partial charge in [0.15, 0.2) is 0 Å². The van der Waals surface area contributed by atoms with Crippen molar-refractivity contribution in [1.29, 1.82) is 0 Å². The first-order valence-electron chi connectivity index (χ1n) is 6.66. The lowest BCUT2D eigenvalue weighted by atomic mass is 9.96. The second-order valence-corrected chi connectivity index (χ2v) is 5.66. The van der Waals surface area contributed by atoms with Crippen molar-refractivity contribution in [3.63, 3.8) is 0 Å². The molecule has 1 aromatic carbocycles. The molecule has 0 aliphatic rings. The Bertz CT molecular complexity index is 537. The van der Waals surface area contributed by atoms with Gasteiger partial charge in [0.2, 0.25) is 0 Å². The van der Waals surface area contributed by atoms with E-state index in [1.54, 1.807) is 27.7 Å². The van der Waals surface area contributed by atoms with Gasteiger partial charge in [-0.1, -0.05) is 13.0 Å². The second-order valence-electron chi connectivity index (χ2n) is 5.66. The summed E-state index contributed by atoms with van der Waals surface area (Å²) in [6, 6.07) is 3.91. The monoisotopic (exact) mass is 297 g/mol. The van der Waals surface area contributed by atoms with Crippen LogP contribution in [-0.4, -0.2) is 22.8 Å². The van der Waals surface area contributed by atoms with Gasteiger partial charge in [-0.15, -0.1) is 0 Å². The number of rotatable bonds is 4. The number of amides is 1. The minimum absolute atomic E-state index is 0.0970. The summed E-state index contributed by atoms with van der Waals surface area (Å²) in [6.07, 6.45) is -0.412. The van der Waals surface area contributed by atoms with E-state index in [-0.39, 0.29) is 17.7 Å². The third-order valence-corrected chi connectivity index (χ3v) is 2.73. The van der Waals surface area contributed by atoms with Crippen LogP contribution in [0.25, 0.3) is 0 Å². The predicted molar refractivity (Wildman–Crippen MR) is 76.9 cm³/mol. The van der Waals surface area contributed by atoms with E-state index in [0.717, 1.165) is 6.07 Å². The van der Waals surface area contributed by atoms with E-state index < -0.39 is 29.4 Å². The van der Waals surface area contributed by atoms with Crippen molar-refractivity contribution >= 4 is 17.7 Å². The number of ether oxygens (including phenoxy) is 1. The number of carbonyl (C=O) groups excluding carboxylic acids is 1. The summed E-state index contributed by atoms with van der Waals surface area (Å²) in [7, 11) is 0. The van der Waals surface area contributed by atoms with Crippen molar-refractivity contribution in [2.75, 3.05) is 5.32 Å². The van der Waals surface area contributed by atoms with Crippen LogP contribution in [0.3, 0.4) is 0 Å². The zero-order valence-electron chi connectivity index (χ0n) is 12.6. The molecule has 0 aromatic heterocycles. The molecule has 0 saturated carbocycles. The summed E-state index contributed by atoms with van der Waals surface area (Å²) in [5, 5.41) is 11.4. The third kappa shape index (κ3) is 5.06. The largest absolute Gasteiger partial charge is 0.481 e. The van der Waals surface area contributed by atoms with Gasteiger partial charge in [-0.3, -0.25) is 10.1 Å². The van der Waals surface area contributed by atoms with Crippen LogP contribution in [0.4, 0.5) is 14.9 Å². The molecule has 5 nitrogen and oxygen atoms in total. The van der Waals surface area contributed by atoms with E-state index in [1.807, 2.05) is 0 Å². The zero-order valence-corrected chi connectivity index (χ0v) is 12.6. The highest BCUT2D eigenvalue weighted by atomic mass is 19.1. The SMILES string of the molecule is CCC(C(=O)O)c1ccc(NC(=O)OC(C)(C)C)cc1F. The molecule has 0 fully saturated rings. The summed E-state index contributed by atoms with van der Waals surface area (Å²) in [5.41, 5.74) is -0.343. The highest BCUT2D eigenvalue weighted by molar-refractivity contribution is 5.85. The topological polar surface area (TPSA) is 75.6 Å². The van der Waals surface area contributed by atoms with Gasteiger partial charge in [0, 0.05) is 11.3 Å². The average Bonchev–Trinajstić information content (AvgIpc) is 2.29. The average molecular weight is 297 g/mol. The minimum Gasteiger partial charge on any atom is -0.481 e. The molecular weight excluding hydrogens is 277 g/mol. The molecule has 0 aliphatic heterocycles. The van der Waals surface area contributed by atoms with Crippen LogP contribution in [0.2, 0.25) is 0 Å². The van der Waals surface area contributed by atoms with Crippen molar-refractivity contribution in [2.45, 2.75) is 45.6 Å². The smallest absolute Gasteiger partial charge is 0.412 e. The molecule has 0 spiro atoms. The van der Waals surface area contributed by atoms with Gasteiger partial charge in [-0.05, 0) is 39.3 Å². The standard InChI is InChI=1S/C15H20FNO4/c1-5-10(13(18)19)11-7-6-9(8-12(11)16)17-14(20)21-15(2,3)4/h6-8,10H,5H2,1-4H3,(H,17,20)(H,18,19). The Morgan fingerprint density at radius 2 is 2.00 bits per heavy atom. The molecule has 0 radical (unpaired) electrons. The molecule has 1 aromatic rings. The van der Waals surface area contributed by atoms with Crippen molar-refractivity contribution in [3.8, 4) is 0 Å². The van der Waals surface area contributed by atoms with Crippen molar-refractivity contribution in [1.82, 2.24) is 0 Å². The number of anilines is 1. The fourth-order valence-electron chi connectivity index (χ4n) is 1.84.